The summed E-state index contributed by atoms with van der Waals surface area (Å²) in [7, 11) is 3.90. The van der Waals surface area contributed by atoms with Gasteiger partial charge in [0.15, 0.2) is 0 Å². The van der Waals surface area contributed by atoms with Crippen LogP contribution in [0, 0.1) is 0 Å². The van der Waals surface area contributed by atoms with E-state index in [0.29, 0.717) is 12.1 Å². The first-order chi connectivity index (χ1) is 13.9. The SMILES string of the molecule is CN(C)C[C@@H](NC(=O)c1ccc(=O)n(CC(=O)N2CCCC2)c1)c1ccccc1. The van der Waals surface area contributed by atoms with E-state index in [0.717, 1.165) is 31.5 Å². The number of likely N-dealkylation sites (N-methyl/N-ethyl adjacent to an activating group) is 1. The third-order valence-corrected chi connectivity index (χ3v) is 5.07. The molecule has 0 radical (unpaired) electrons. The summed E-state index contributed by atoms with van der Waals surface area (Å²) in [6.07, 6.45) is 3.47. The number of nitrogens with one attached hydrogen (secondary N) is 1. The number of benzene rings is 1. The van der Waals surface area contributed by atoms with E-state index in [1.165, 1.54) is 22.9 Å². The molecule has 7 heteroatoms. The number of hydrogen-bond donors (Lipinski definition) is 1. The second-order valence-electron chi connectivity index (χ2n) is 7.67. The Kier molecular flexibility index (Phi) is 6.82. The van der Waals surface area contributed by atoms with Gasteiger partial charge in [0, 0.05) is 31.9 Å². The van der Waals surface area contributed by atoms with E-state index >= 15 is 0 Å². The number of amides is 2. The average Bonchev–Trinajstić information content (AvgIpc) is 3.24. The first-order valence-electron chi connectivity index (χ1n) is 9.93. The van der Waals surface area contributed by atoms with Gasteiger partial charge in [0.25, 0.3) is 11.5 Å². The molecule has 0 bridgehead atoms. The number of rotatable bonds is 7. The Morgan fingerprint density at radius 3 is 2.41 bits per heavy atom. The first kappa shape index (κ1) is 20.8. The second-order valence-corrected chi connectivity index (χ2v) is 7.67. The van der Waals surface area contributed by atoms with Crippen LogP contribution >= 0.6 is 0 Å². The quantitative estimate of drug-likeness (QED) is 0.770. The number of carbonyl (C=O) groups excluding carboxylic acids is 2. The van der Waals surface area contributed by atoms with Crippen LogP contribution in [-0.2, 0) is 11.3 Å². The van der Waals surface area contributed by atoms with Crippen molar-refractivity contribution >= 4 is 11.8 Å². The molecule has 1 atom stereocenters. The Hall–Kier alpha value is -2.93. The van der Waals surface area contributed by atoms with Crippen LogP contribution in [0.3, 0.4) is 0 Å². The largest absolute Gasteiger partial charge is 0.344 e. The molecule has 1 N–H and O–H groups in total. The van der Waals surface area contributed by atoms with Crippen molar-refractivity contribution in [1.82, 2.24) is 19.7 Å². The lowest BCUT2D eigenvalue weighted by Gasteiger charge is -2.23. The fraction of sp³-hybridized carbons (Fsp3) is 0.409. The first-order valence-corrected chi connectivity index (χ1v) is 9.93. The van der Waals surface area contributed by atoms with Crippen molar-refractivity contribution in [3.05, 3.63) is 70.1 Å². The van der Waals surface area contributed by atoms with E-state index in [2.05, 4.69) is 5.32 Å². The number of carbonyl (C=O) groups is 2. The van der Waals surface area contributed by atoms with Crippen LogP contribution in [0.5, 0.6) is 0 Å². The fourth-order valence-electron chi connectivity index (χ4n) is 3.53. The highest BCUT2D eigenvalue weighted by Crippen LogP contribution is 2.14. The lowest BCUT2D eigenvalue weighted by atomic mass is 10.1. The molecule has 0 spiro atoms. The molecule has 2 heterocycles. The normalized spacial score (nSPS) is 14.8. The highest BCUT2D eigenvalue weighted by Gasteiger charge is 2.20. The van der Waals surface area contributed by atoms with Gasteiger partial charge in [0.1, 0.15) is 6.54 Å². The van der Waals surface area contributed by atoms with Crippen molar-refractivity contribution in [2.75, 3.05) is 33.7 Å². The summed E-state index contributed by atoms with van der Waals surface area (Å²) in [6.45, 7) is 2.07. The molecular formula is C22H28N4O3. The fourth-order valence-corrected chi connectivity index (χ4v) is 3.53. The number of likely N-dealkylation sites (tertiary alicyclic amines) is 1. The van der Waals surface area contributed by atoms with Gasteiger partial charge in [-0.2, -0.15) is 0 Å². The number of hydrogen-bond acceptors (Lipinski definition) is 4. The highest BCUT2D eigenvalue weighted by molar-refractivity contribution is 5.94. The smallest absolute Gasteiger partial charge is 0.253 e. The van der Waals surface area contributed by atoms with Gasteiger partial charge in [0.2, 0.25) is 5.91 Å². The molecule has 154 valence electrons. The summed E-state index contributed by atoms with van der Waals surface area (Å²) in [6, 6.07) is 12.4. The number of aromatic nitrogens is 1. The molecule has 0 saturated carbocycles. The van der Waals surface area contributed by atoms with Crippen LogP contribution in [0.1, 0.15) is 34.8 Å². The van der Waals surface area contributed by atoms with Gasteiger partial charge in [-0.1, -0.05) is 30.3 Å². The highest BCUT2D eigenvalue weighted by atomic mass is 16.2. The topological polar surface area (TPSA) is 74.6 Å². The molecule has 1 aliphatic heterocycles. The van der Waals surface area contributed by atoms with E-state index in [-0.39, 0.29) is 30.0 Å². The average molecular weight is 396 g/mol. The van der Waals surface area contributed by atoms with Crippen molar-refractivity contribution in [2.24, 2.45) is 0 Å². The molecule has 1 saturated heterocycles. The van der Waals surface area contributed by atoms with Crippen LogP contribution in [-0.4, -0.2) is 59.9 Å². The van der Waals surface area contributed by atoms with Gasteiger partial charge in [0.05, 0.1) is 11.6 Å². The Bertz CT molecular complexity index is 902. The van der Waals surface area contributed by atoms with E-state index in [9.17, 15) is 14.4 Å². The number of nitrogens with zero attached hydrogens (tertiary/aromatic N) is 3. The summed E-state index contributed by atoms with van der Waals surface area (Å²) >= 11 is 0. The Morgan fingerprint density at radius 2 is 1.76 bits per heavy atom. The van der Waals surface area contributed by atoms with Crippen molar-refractivity contribution in [2.45, 2.75) is 25.4 Å². The Labute approximate surface area is 170 Å². The van der Waals surface area contributed by atoms with Crippen molar-refractivity contribution in [1.29, 1.82) is 0 Å². The maximum Gasteiger partial charge on any atom is 0.253 e. The molecule has 2 aromatic rings. The van der Waals surface area contributed by atoms with Gasteiger partial charge >= 0.3 is 0 Å². The summed E-state index contributed by atoms with van der Waals surface area (Å²) in [5, 5.41) is 3.04. The maximum atomic E-state index is 12.9. The zero-order valence-electron chi connectivity index (χ0n) is 17.0. The van der Waals surface area contributed by atoms with Gasteiger partial charge in [-0.05, 0) is 38.6 Å². The van der Waals surface area contributed by atoms with E-state index in [1.54, 1.807) is 4.90 Å². The van der Waals surface area contributed by atoms with Gasteiger partial charge < -0.3 is 19.7 Å². The summed E-state index contributed by atoms with van der Waals surface area (Å²) in [5.74, 6) is -0.361. The maximum absolute atomic E-state index is 12.9. The molecule has 29 heavy (non-hydrogen) atoms. The summed E-state index contributed by atoms with van der Waals surface area (Å²) in [5.41, 5.74) is 1.08. The zero-order valence-corrected chi connectivity index (χ0v) is 17.0. The molecule has 0 aliphatic carbocycles. The Balaban J connectivity index is 1.75. The van der Waals surface area contributed by atoms with E-state index in [4.69, 9.17) is 0 Å². The van der Waals surface area contributed by atoms with Crippen LogP contribution in [0.15, 0.2) is 53.5 Å². The molecule has 1 aromatic carbocycles. The van der Waals surface area contributed by atoms with Gasteiger partial charge in [-0.3, -0.25) is 14.4 Å². The Morgan fingerprint density at radius 1 is 1.07 bits per heavy atom. The van der Waals surface area contributed by atoms with Crippen molar-refractivity contribution in [3.8, 4) is 0 Å². The third-order valence-electron chi connectivity index (χ3n) is 5.07. The minimum Gasteiger partial charge on any atom is -0.344 e. The lowest BCUT2D eigenvalue weighted by Crippen LogP contribution is -2.37. The van der Waals surface area contributed by atoms with E-state index < -0.39 is 0 Å². The van der Waals surface area contributed by atoms with Crippen molar-refractivity contribution in [3.63, 3.8) is 0 Å². The molecule has 1 aliphatic rings. The standard InChI is InChI=1S/C22H28N4O3/c1-24(2)15-19(17-8-4-3-5-9-17)23-22(29)18-10-11-20(27)26(14-18)16-21(28)25-12-6-7-13-25/h3-5,8-11,14,19H,6-7,12-13,15-16H2,1-2H3,(H,23,29)/t19-/m1/s1. The molecular weight excluding hydrogens is 368 g/mol. The molecule has 0 unspecified atom stereocenters. The predicted molar refractivity (Wildman–Crippen MR) is 112 cm³/mol. The lowest BCUT2D eigenvalue weighted by molar-refractivity contribution is -0.130. The number of pyridine rings is 1. The van der Waals surface area contributed by atoms with Crippen LogP contribution in [0.25, 0.3) is 0 Å². The van der Waals surface area contributed by atoms with Gasteiger partial charge in [-0.15, -0.1) is 0 Å². The van der Waals surface area contributed by atoms with Crippen LogP contribution in [0.4, 0.5) is 0 Å². The van der Waals surface area contributed by atoms with Crippen molar-refractivity contribution < 1.29 is 9.59 Å². The molecule has 1 aromatic heterocycles. The summed E-state index contributed by atoms with van der Waals surface area (Å²) < 4.78 is 1.32. The summed E-state index contributed by atoms with van der Waals surface area (Å²) in [4.78, 5) is 41.2. The predicted octanol–water partition coefficient (Wildman–Crippen LogP) is 1.50. The molecule has 3 rings (SSSR count). The third kappa shape index (κ3) is 5.54. The van der Waals surface area contributed by atoms with Gasteiger partial charge in [-0.25, -0.2) is 0 Å². The van der Waals surface area contributed by atoms with E-state index in [1.807, 2.05) is 49.3 Å². The van der Waals surface area contributed by atoms with Crippen LogP contribution in [0.2, 0.25) is 0 Å². The minimum atomic E-state index is -0.290. The monoisotopic (exact) mass is 396 g/mol. The molecule has 7 nitrogen and oxygen atoms in total. The molecule has 2 amide bonds. The zero-order chi connectivity index (χ0) is 20.8. The molecule has 1 fully saturated rings. The van der Waals surface area contributed by atoms with Crippen LogP contribution < -0.4 is 10.9 Å². The minimum absolute atomic E-state index is 0.0419. The second kappa shape index (κ2) is 9.52.